The molecule has 12 heteroatoms. The minimum Gasteiger partial charge on any atom is -0.399 e. The fourth-order valence-electron chi connectivity index (χ4n) is 7.25. The summed E-state index contributed by atoms with van der Waals surface area (Å²) in [5.41, 5.74) is 3.31. The van der Waals surface area contributed by atoms with Gasteiger partial charge in [0.05, 0.1) is 25.3 Å². The highest BCUT2D eigenvalue weighted by molar-refractivity contribution is 5.96. The third kappa shape index (κ3) is 5.13. The Balaban J connectivity index is 1.57. The predicted molar refractivity (Wildman–Crippen MR) is 176 cm³/mol. The van der Waals surface area contributed by atoms with E-state index in [2.05, 4.69) is 14.4 Å². The number of benzene rings is 5. The van der Waals surface area contributed by atoms with E-state index in [1.54, 1.807) is 24.3 Å². The van der Waals surface area contributed by atoms with Crippen molar-refractivity contribution in [3.8, 4) is 62.4 Å². The molecule has 2 aliphatic rings. The van der Waals surface area contributed by atoms with E-state index in [-0.39, 0.29) is 56.9 Å². The van der Waals surface area contributed by atoms with Crippen LogP contribution in [0.5, 0.6) is 5.75 Å². The fraction of sp³-hybridized carbons (Fsp3) is 0.100. The first kappa shape index (κ1) is 33.6. The molecule has 5 nitrogen and oxygen atoms in total. The zero-order valence-corrected chi connectivity index (χ0v) is 26.5. The summed E-state index contributed by atoms with van der Waals surface area (Å²) in [6.07, 6.45) is -5.37. The minimum absolute atomic E-state index is 0.0469. The van der Waals surface area contributed by atoms with Gasteiger partial charge in [-0.3, -0.25) is 0 Å². The second kappa shape index (κ2) is 12.2. The summed E-state index contributed by atoms with van der Waals surface area (Å²) in [6.45, 7) is 17.2. The third-order valence-electron chi connectivity index (χ3n) is 9.33. The van der Waals surface area contributed by atoms with Gasteiger partial charge in [-0.1, -0.05) is 36.4 Å². The second-order valence-corrected chi connectivity index (χ2v) is 12.0. The first-order valence-corrected chi connectivity index (χ1v) is 15.3. The fourth-order valence-corrected chi connectivity index (χ4v) is 7.25. The number of alkyl halides is 3. The van der Waals surface area contributed by atoms with Gasteiger partial charge in [-0.05, 0) is 116 Å². The van der Waals surface area contributed by atoms with Crippen molar-refractivity contribution < 1.29 is 35.5 Å². The Hall–Kier alpha value is -6.89. The van der Waals surface area contributed by atoms with Crippen LogP contribution in [0.4, 0.5) is 30.7 Å². The van der Waals surface area contributed by atoms with Gasteiger partial charge in [0.2, 0.25) is 5.75 Å². The molecule has 0 aliphatic heterocycles. The number of hydrogen-bond donors (Lipinski definition) is 0. The van der Waals surface area contributed by atoms with E-state index in [1.165, 1.54) is 31.2 Å². The van der Waals surface area contributed by atoms with E-state index < -0.39 is 35.4 Å². The van der Waals surface area contributed by atoms with Crippen molar-refractivity contribution in [3.63, 3.8) is 0 Å². The van der Waals surface area contributed by atoms with Crippen LogP contribution in [0.2, 0.25) is 0 Å². The van der Waals surface area contributed by atoms with E-state index in [9.17, 15) is 41.3 Å². The van der Waals surface area contributed by atoms with Gasteiger partial charge in [0, 0.05) is 10.8 Å². The molecule has 0 atom stereocenters. The lowest BCUT2D eigenvalue weighted by atomic mass is 9.90. The lowest BCUT2D eigenvalue weighted by Crippen LogP contribution is -2.25. The van der Waals surface area contributed by atoms with E-state index >= 15 is 0 Å². The normalized spacial score (nSPS) is 13.4. The second-order valence-electron chi connectivity index (χ2n) is 12.0. The van der Waals surface area contributed by atoms with Crippen LogP contribution in [-0.4, -0.2) is 6.36 Å². The Labute approximate surface area is 290 Å². The molecule has 252 valence electrons. The highest BCUT2D eigenvalue weighted by Crippen LogP contribution is 2.46. The maximum atomic E-state index is 14.9. The average molecular weight is 703 g/mol. The molecule has 0 N–H and O–H groups in total. The minimum atomic E-state index is -5.35. The summed E-state index contributed by atoms with van der Waals surface area (Å²) in [5, 5.41) is 20.9. The van der Waals surface area contributed by atoms with Gasteiger partial charge in [0.15, 0.2) is 11.6 Å². The summed E-state index contributed by atoms with van der Waals surface area (Å²) in [6, 6.07) is 17.3. The van der Waals surface area contributed by atoms with Gasteiger partial charge in [0.25, 0.3) is 11.4 Å². The van der Waals surface area contributed by atoms with Crippen molar-refractivity contribution in [2.24, 2.45) is 0 Å². The number of fused-ring (bicyclic) bond motifs is 6. The Morgan fingerprint density at radius 1 is 0.654 bits per heavy atom. The first-order chi connectivity index (χ1) is 24.8. The average Bonchev–Trinajstić information content (AvgIpc) is 3.69. The van der Waals surface area contributed by atoms with Gasteiger partial charge in [-0.25, -0.2) is 37.8 Å². The summed E-state index contributed by atoms with van der Waals surface area (Å²) in [4.78, 5) is 7.02. The highest BCUT2D eigenvalue weighted by atomic mass is 19.4. The first-order valence-electron chi connectivity index (χ1n) is 15.3. The molecule has 2 aliphatic carbocycles. The van der Waals surface area contributed by atoms with Crippen LogP contribution in [0.15, 0.2) is 60.7 Å². The van der Waals surface area contributed by atoms with E-state index in [0.717, 1.165) is 0 Å². The Morgan fingerprint density at radius 2 is 1.06 bits per heavy atom. The lowest BCUT2D eigenvalue weighted by Gasteiger charge is -2.14. The van der Waals surface area contributed by atoms with Crippen molar-refractivity contribution in [3.05, 3.63) is 145 Å². The number of hydrogen-bond acceptors (Lipinski definition) is 3. The van der Waals surface area contributed by atoms with Gasteiger partial charge in [0.1, 0.15) is 11.6 Å². The summed E-state index contributed by atoms with van der Waals surface area (Å²) in [7, 11) is 0. The van der Waals surface area contributed by atoms with Crippen molar-refractivity contribution in [2.45, 2.75) is 26.1 Å². The van der Waals surface area contributed by atoms with E-state index in [4.69, 9.17) is 13.1 Å². The molecule has 0 unspecified atom stereocenters. The molecule has 0 spiro atoms. The highest BCUT2D eigenvalue weighted by Gasteiger charge is 2.36. The monoisotopic (exact) mass is 702 g/mol. The molecule has 52 heavy (non-hydrogen) atoms. The number of nitriles is 2. The van der Waals surface area contributed by atoms with Crippen LogP contribution in [0.25, 0.3) is 65.6 Å². The molecule has 0 amide bonds. The molecular formula is C40H17F7N4O. The van der Waals surface area contributed by atoms with Crippen LogP contribution in [0.3, 0.4) is 0 Å². The Bertz CT molecular complexity index is 2680. The van der Waals surface area contributed by atoms with Crippen LogP contribution >= 0.6 is 0 Å². The van der Waals surface area contributed by atoms with Crippen LogP contribution < -0.4 is 15.2 Å². The molecule has 5 aromatic rings. The number of rotatable bonds is 3. The zero-order chi connectivity index (χ0) is 37.2. The number of ether oxygens (including phenoxy) is 1. The van der Waals surface area contributed by atoms with Crippen molar-refractivity contribution in [2.75, 3.05) is 0 Å². The van der Waals surface area contributed by atoms with Crippen LogP contribution in [0, 0.1) is 66.0 Å². The summed E-state index contributed by atoms with van der Waals surface area (Å²) < 4.78 is 101. The number of halogens is 7. The maximum absolute atomic E-state index is 14.9. The molecule has 0 saturated carbocycles. The Kier molecular flexibility index (Phi) is 7.86. The zero-order valence-electron chi connectivity index (χ0n) is 26.5. The topological polar surface area (TPSA) is 65.5 Å². The smallest absolute Gasteiger partial charge is 0.399 e. The SMILES string of the molecule is [C-]#[N+]/C(C#N)=c1\c2c(/c(=C(/C#N)[N+]#[C-])c3c1Cc1c(-c4cc(F)c(OC(F)(F)F)c(F)c4)cccc1-3)-c1cccc(-c3cc(F)c(C)c(F)c3)c1C2. The number of nitrogens with zero attached hydrogens (tertiary/aromatic N) is 4. The van der Waals surface area contributed by atoms with Crippen molar-refractivity contribution in [1.82, 2.24) is 0 Å². The standard InChI is InChI=1S/C40H17F7N4O/c1-18-29(41)10-19(11-30(18)42)21-6-4-8-23-25(21)14-27-35(33(16-48)50-2)28-15-26-22(20-12-31(43)39(32(44)13-20)52-40(45,46)47)7-5-9-24(26)37(28)38(36(23)27)34(17-49)51-3/h4-13H,14-15H2,1H3/b35-33+,38-34+. The van der Waals surface area contributed by atoms with Crippen molar-refractivity contribution >= 4 is 11.4 Å². The van der Waals surface area contributed by atoms with Gasteiger partial charge in [-0.15, -0.1) is 13.2 Å². The molecule has 0 aromatic heterocycles. The molecule has 0 heterocycles. The Morgan fingerprint density at radius 3 is 1.46 bits per heavy atom. The summed E-state index contributed by atoms with van der Waals surface area (Å²) >= 11 is 0. The third-order valence-corrected chi connectivity index (χ3v) is 9.33. The largest absolute Gasteiger partial charge is 0.573 e. The molecule has 7 rings (SSSR count). The van der Waals surface area contributed by atoms with Gasteiger partial charge < -0.3 is 4.74 Å². The maximum Gasteiger partial charge on any atom is 0.573 e. The molecule has 0 fully saturated rings. The molecule has 0 saturated heterocycles. The predicted octanol–water partition coefficient (Wildman–Crippen LogP) is 9.03. The van der Waals surface area contributed by atoms with Crippen molar-refractivity contribution in [1.29, 1.82) is 10.5 Å². The van der Waals surface area contributed by atoms with E-state index in [0.29, 0.717) is 62.2 Å². The summed E-state index contributed by atoms with van der Waals surface area (Å²) in [5.74, 6) is -6.37. The van der Waals surface area contributed by atoms with E-state index in [1.807, 2.05) is 12.1 Å². The lowest BCUT2D eigenvalue weighted by molar-refractivity contribution is -0.276. The van der Waals surface area contributed by atoms with Gasteiger partial charge in [-0.2, -0.15) is 0 Å². The van der Waals surface area contributed by atoms with Gasteiger partial charge >= 0.3 is 6.36 Å². The van der Waals surface area contributed by atoms with Crippen LogP contribution in [-0.2, 0) is 12.8 Å². The van der Waals surface area contributed by atoms with Crippen LogP contribution in [0.1, 0.15) is 27.8 Å². The molecule has 0 radical (unpaired) electrons. The quantitative estimate of drug-likeness (QED) is 0.136. The molecular weight excluding hydrogens is 685 g/mol. The molecule has 0 bridgehead atoms. The molecule has 5 aromatic carbocycles.